The molecule has 0 saturated carbocycles. The van der Waals surface area contributed by atoms with Crippen molar-refractivity contribution in [3.63, 3.8) is 0 Å². The van der Waals surface area contributed by atoms with E-state index in [1.807, 2.05) is 0 Å². The molecule has 3 N–H and O–H groups in total. The molecule has 0 spiro atoms. The minimum absolute atomic E-state index is 0.137. The van der Waals surface area contributed by atoms with Gasteiger partial charge >= 0.3 is 6.03 Å². The maximum Gasteiger partial charge on any atom is 0.321 e. The molecule has 6 nitrogen and oxygen atoms in total. The lowest BCUT2D eigenvalue weighted by Gasteiger charge is -2.31. The van der Waals surface area contributed by atoms with Gasteiger partial charge in [0.1, 0.15) is 0 Å². The van der Waals surface area contributed by atoms with Gasteiger partial charge < -0.3 is 20.7 Å². The van der Waals surface area contributed by atoms with Crippen molar-refractivity contribution in [1.29, 1.82) is 0 Å². The summed E-state index contributed by atoms with van der Waals surface area (Å²) in [7, 11) is 1.39. The summed E-state index contributed by atoms with van der Waals surface area (Å²) < 4.78 is 18.5. The number of urea groups is 1. The molecule has 7 heteroatoms. The SMILES string of the molecule is COc1ccc(NC(=O)N2CCC(CCC(N)=O)CC2)cc1F. The van der Waals surface area contributed by atoms with Gasteiger partial charge in [-0.15, -0.1) is 0 Å². The number of likely N-dealkylation sites (tertiary alicyclic amines) is 1. The summed E-state index contributed by atoms with van der Waals surface area (Å²) in [5, 5.41) is 2.69. The predicted octanol–water partition coefficient (Wildman–Crippen LogP) is 2.34. The number of hydrogen-bond donors (Lipinski definition) is 2. The molecule has 23 heavy (non-hydrogen) atoms. The number of halogens is 1. The number of carbonyl (C=O) groups excluding carboxylic acids is 2. The molecule has 1 saturated heterocycles. The van der Waals surface area contributed by atoms with Crippen LogP contribution < -0.4 is 15.8 Å². The zero-order valence-electron chi connectivity index (χ0n) is 13.2. The molecule has 0 radical (unpaired) electrons. The van der Waals surface area contributed by atoms with Crippen LogP contribution in [0, 0.1) is 11.7 Å². The van der Waals surface area contributed by atoms with Crippen LogP contribution in [0.1, 0.15) is 25.7 Å². The zero-order valence-corrected chi connectivity index (χ0v) is 13.2. The van der Waals surface area contributed by atoms with E-state index < -0.39 is 5.82 Å². The lowest BCUT2D eigenvalue weighted by atomic mass is 9.92. The average molecular weight is 323 g/mol. The van der Waals surface area contributed by atoms with Crippen LogP contribution in [0.25, 0.3) is 0 Å². The smallest absolute Gasteiger partial charge is 0.321 e. The van der Waals surface area contributed by atoms with Crippen molar-refractivity contribution in [3.05, 3.63) is 24.0 Å². The summed E-state index contributed by atoms with van der Waals surface area (Å²) in [4.78, 5) is 24.7. The number of methoxy groups -OCH3 is 1. The third-order valence-electron chi connectivity index (χ3n) is 4.10. The van der Waals surface area contributed by atoms with E-state index in [1.54, 1.807) is 11.0 Å². The molecule has 3 amide bonds. The van der Waals surface area contributed by atoms with Crippen molar-refractivity contribution in [3.8, 4) is 5.75 Å². The molecule has 1 fully saturated rings. The Morgan fingerprint density at radius 2 is 2.09 bits per heavy atom. The number of ether oxygens (including phenoxy) is 1. The van der Waals surface area contributed by atoms with Crippen LogP contribution in [0.2, 0.25) is 0 Å². The third kappa shape index (κ3) is 4.84. The monoisotopic (exact) mass is 323 g/mol. The minimum Gasteiger partial charge on any atom is -0.494 e. The first-order valence-electron chi connectivity index (χ1n) is 7.67. The summed E-state index contributed by atoms with van der Waals surface area (Å²) in [5.41, 5.74) is 5.54. The Hall–Kier alpha value is -2.31. The molecule has 0 aliphatic carbocycles. The number of rotatable bonds is 5. The highest BCUT2D eigenvalue weighted by Crippen LogP contribution is 2.24. The van der Waals surface area contributed by atoms with Crippen molar-refractivity contribution >= 4 is 17.6 Å². The van der Waals surface area contributed by atoms with Crippen LogP contribution in [-0.2, 0) is 4.79 Å². The fourth-order valence-corrected chi connectivity index (χ4v) is 2.72. The van der Waals surface area contributed by atoms with Gasteiger partial charge in [0, 0.05) is 31.3 Å². The number of piperidine rings is 1. The largest absolute Gasteiger partial charge is 0.494 e. The van der Waals surface area contributed by atoms with Crippen molar-refractivity contribution < 1.29 is 18.7 Å². The Morgan fingerprint density at radius 1 is 1.39 bits per heavy atom. The molecule has 0 aromatic heterocycles. The number of hydrogen-bond acceptors (Lipinski definition) is 3. The van der Waals surface area contributed by atoms with Crippen molar-refractivity contribution in [2.45, 2.75) is 25.7 Å². The van der Waals surface area contributed by atoms with Crippen LogP contribution in [0.3, 0.4) is 0 Å². The fourth-order valence-electron chi connectivity index (χ4n) is 2.72. The van der Waals surface area contributed by atoms with E-state index in [9.17, 15) is 14.0 Å². The number of nitrogens with one attached hydrogen (secondary N) is 1. The Balaban J connectivity index is 1.83. The van der Waals surface area contributed by atoms with Gasteiger partial charge in [0.15, 0.2) is 11.6 Å². The molecule has 1 aromatic carbocycles. The predicted molar refractivity (Wildman–Crippen MR) is 84.7 cm³/mol. The summed E-state index contributed by atoms with van der Waals surface area (Å²) >= 11 is 0. The first-order chi connectivity index (χ1) is 11.0. The molecule has 1 aromatic rings. The Kier molecular flexibility index (Phi) is 5.78. The van der Waals surface area contributed by atoms with Crippen LogP contribution in [0.5, 0.6) is 5.75 Å². The van der Waals surface area contributed by atoms with Gasteiger partial charge in [0.2, 0.25) is 5.91 Å². The quantitative estimate of drug-likeness (QED) is 0.872. The highest BCUT2D eigenvalue weighted by molar-refractivity contribution is 5.89. The average Bonchev–Trinajstić information content (AvgIpc) is 2.53. The van der Waals surface area contributed by atoms with Crippen LogP contribution in [0.4, 0.5) is 14.9 Å². The summed E-state index contributed by atoms with van der Waals surface area (Å²) in [5.74, 6) is -0.245. The maximum absolute atomic E-state index is 13.6. The molecule has 126 valence electrons. The maximum atomic E-state index is 13.6. The number of carbonyl (C=O) groups is 2. The normalized spacial score (nSPS) is 15.3. The molecular weight excluding hydrogens is 301 g/mol. The number of nitrogens with two attached hydrogens (primary N) is 1. The summed E-state index contributed by atoms with van der Waals surface area (Å²) in [6.07, 6.45) is 2.85. The van der Waals surface area contributed by atoms with Gasteiger partial charge in [-0.05, 0) is 37.3 Å². The number of nitrogens with zero attached hydrogens (tertiary/aromatic N) is 1. The standard InChI is InChI=1S/C16H22FN3O3/c1-23-14-4-3-12(10-13(14)17)19-16(22)20-8-6-11(7-9-20)2-5-15(18)21/h3-4,10-11H,2,5-9H2,1H3,(H2,18,21)(H,19,22). The third-order valence-corrected chi connectivity index (χ3v) is 4.10. The van der Waals surface area contributed by atoms with E-state index in [2.05, 4.69) is 5.32 Å². The van der Waals surface area contributed by atoms with Crippen molar-refractivity contribution in [2.24, 2.45) is 11.7 Å². The summed E-state index contributed by atoms with van der Waals surface area (Å²) in [6.45, 7) is 1.24. The first kappa shape index (κ1) is 17.1. The van der Waals surface area contributed by atoms with Crippen LogP contribution in [-0.4, -0.2) is 37.0 Å². The van der Waals surface area contributed by atoms with Gasteiger partial charge in [0.05, 0.1) is 7.11 Å². The van der Waals surface area contributed by atoms with E-state index in [1.165, 1.54) is 19.2 Å². The molecule has 2 rings (SSSR count). The Morgan fingerprint density at radius 3 is 2.65 bits per heavy atom. The van der Waals surface area contributed by atoms with Crippen molar-refractivity contribution in [2.75, 3.05) is 25.5 Å². The highest BCUT2D eigenvalue weighted by atomic mass is 19.1. The molecule has 0 atom stereocenters. The fraction of sp³-hybridized carbons (Fsp3) is 0.500. The molecular formula is C16H22FN3O3. The molecule has 1 aliphatic heterocycles. The van der Waals surface area contributed by atoms with Gasteiger partial charge in [-0.1, -0.05) is 0 Å². The number of amides is 3. The van der Waals surface area contributed by atoms with E-state index in [-0.39, 0.29) is 17.7 Å². The molecule has 0 bridgehead atoms. The Labute approximate surface area is 134 Å². The minimum atomic E-state index is -0.518. The number of anilines is 1. The number of primary amides is 1. The second kappa shape index (κ2) is 7.80. The van der Waals surface area contributed by atoms with Gasteiger partial charge in [-0.3, -0.25) is 4.79 Å². The topological polar surface area (TPSA) is 84.7 Å². The van der Waals surface area contributed by atoms with Gasteiger partial charge in [-0.2, -0.15) is 0 Å². The van der Waals surface area contributed by atoms with E-state index in [0.29, 0.717) is 31.1 Å². The van der Waals surface area contributed by atoms with E-state index >= 15 is 0 Å². The lowest BCUT2D eigenvalue weighted by molar-refractivity contribution is -0.118. The molecule has 0 unspecified atom stereocenters. The number of benzene rings is 1. The second-order valence-electron chi connectivity index (χ2n) is 5.71. The zero-order chi connectivity index (χ0) is 16.8. The summed E-state index contributed by atoms with van der Waals surface area (Å²) in [6, 6.07) is 4.06. The molecule has 1 heterocycles. The second-order valence-corrected chi connectivity index (χ2v) is 5.71. The van der Waals surface area contributed by atoms with Crippen LogP contribution >= 0.6 is 0 Å². The first-order valence-corrected chi connectivity index (χ1v) is 7.67. The van der Waals surface area contributed by atoms with E-state index in [4.69, 9.17) is 10.5 Å². The van der Waals surface area contributed by atoms with Crippen molar-refractivity contribution in [1.82, 2.24) is 4.90 Å². The highest BCUT2D eigenvalue weighted by Gasteiger charge is 2.23. The Bertz CT molecular complexity index is 572. The van der Waals surface area contributed by atoms with E-state index in [0.717, 1.165) is 19.3 Å². The lowest BCUT2D eigenvalue weighted by Crippen LogP contribution is -2.41. The van der Waals surface area contributed by atoms with Gasteiger partial charge in [0.25, 0.3) is 0 Å². The van der Waals surface area contributed by atoms with Gasteiger partial charge in [-0.25, -0.2) is 9.18 Å². The van der Waals surface area contributed by atoms with Crippen LogP contribution in [0.15, 0.2) is 18.2 Å². The molecule has 1 aliphatic rings.